The zero-order valence-electron chi connectivity index (χ0n) is 18.2. The number of ether oxygens (including phenoxy) is 2. The van der Waals surface area contributed by atoms with Crippen LogP contribution in [0.15, 0.2) is 103 Å². The van der Waals surface area contributed by atoms with Crippen molar-refractivity contribution in [2.45, 2.75) is 6.61 Å². The Morgan fingerprint density at radius 3 is 2.09 bits per heavy atom. The van der Waals surface area contributed by atoms with Crippen molar-refractivity contribution in [2.75, 3.05) is 7.11 Å². The third-order valence-corrected chi connectivity index (χ3v) is 5.69. The molecule has 4 heteroatoms. The van der Waals surface area contributed by atoms with Gasteiger partial charge in [0.05, 0.1) is 23.9 Å². The molecule has 33 heavy (non-hydrogen) atoms. The molecule has 5 rings (SSSR count). The lowest BCUT2D eigenvalue weighted by molar-refractivity contribution is 0.311. The summed E-state index contributed by atoms with van der Waals surface area (Å²) in [6, 6.07) is 34.3. The predicted molar refractivity (Wildman–Crippen MR) is 130 cm³/mol. The van der Waals surface area contributed by atoms with Crippen LogP contribution in [0.25, 0.3) is 27.9 Å². The van der Waals surface area contributed by atoms with Gasteiger partial charge >= 0.3 is 0 Å². The van der Waals surface area contributed by atoms with Crippen LogP contribution >= 0.6 is 0 Å². The van der Waals surface area contributed by atoms with E-state index in [1.807, 2.05) is 79.0 Å². The number of pyridine rings is 1. The first kappa shape index (κ1) is 20.4. The van der Waals surface area contributed by atoms with E-state index < -0.39 is 0 Å². The minimum Gasteiger partial charge on any atom is -0.497 e. The molecular formula is C29H22N2O2. The monoisotopic (exact) mass is 430 g/mol. The second-order valence-electron chi connectivity index (χ2n) is 7.67. The van der Waals surface area contributed by atoms with Gasteiger partial charge in [0, 0.05) is 6.20 Å². The van der Waals surface area contributed by atoms with Gasteiger partial charge in [0.1, 0.15) is 23.9 Å². The highest BCUT2D eigenvalue weighted by Crippen LogP contribution is 2.45. The van der Waals surface area contributed by atoms with Crippen molar-refractivity contribution >= 4 is 5.52 Å². The number of rotatable bonds is 6. The van der Waals surface area contributed by atoms with Gasteiger partial charge in [-0.1, -0.05) is 72.8 Å². The van der Waals surface area contributed by atoms with E-state index in [0.29, 0.717) is 17.9 Å². The summed E-state index contributed by atoms with van der Waals surface area (Å²) in [4.78, 5) is 0. The second kappa shape index (κ2) is 8.94. The molecule has 4 nitrogen and oxygen atoms in total. The Morgan fingerprint density at radius 1 is 0.788 bits per heavy atom. The normalized spacial score (nSPS) is 10.7. The lowest BCUT2D eigenvalue weighted by Gasteiger charge is -2.11. The van der Waals surface area contributed by atoms with E-state index in [9.17, 15) is 5.26 Å². The molecule has 0 bridgehead atoms. The van der Waals surface area contributed by atoms with Crippen LogP contribution < -0.4 is 9.47 Å². The largest absolute Gasteiger partial charge is 0.497 e. The van der Waals surface area contributed by atoms with Gasteiger partial charge in [-0.25, -0.2) is 0 Å². The smallest absolute Gasteiger partial charge is 0.155 e. The fraction of sp³-hybridized carbons (Fsp3) is 0.0690. The fourth-order valence-electron chi connectivity index (χ4n) is 4.13. The summed E-state index contributed by atoms with van der Waals surface area (Å²) < 4.78 is 13.8. The number of hydrogen-bond acceptors (Lipinski definition) is 3. The van der Waals surface area contributed by atoms with Crippen LogP contribution in [0.5, 0.6) is 11.5 Å². The number of benzene rings is 3. The minimum atomic E-state index is 0.373. The van der Waals surface area contributed by atoms with Gasteiger partial charge in [0.25, 0.3) is 0 Å². The summed E-state index contributed by atoms with van der Waals surface area (Å²) in [5.41, 5.74) is 6.42. The van der Waals surface area contributed by atoms with Crippen LogP contribution in [-0.4, -0.2) is 11.5 Å². The summed E-state index contributed by atoms with van der Waals surface area (Å²) in [6.45, 7) is 0.373. The van der Waals surface area contributed by atoms with Gasteiger partial charge in [-0.3, -0.25) is 0 Å². The maximum absolute atomic E-state index is 9.91. The first-order chi connectivity index (χ1) is 16.3. The molecule has 0 aliphatic carbocycles. The van der Waals surface area contributed by atoms with Crippen LogP contribution in [-0.2, 0) is 6.61 Å². The average molecular weight is 431 g/mol. The Balaban J connectivity index is 1.75. The fourth-order valence-corrected chi connectivity index (χ4v) is 4.13. The molecule has 0 amide bonds. The zero-order chi connectivity index (χ0) is 22.6. The molecule has 0 radical (unpaired) electrons. The molecule has 0 aliphatic heterocycles. The van der Waals surface area contributed by atoms with Crippen molar-refractivity contribution in [3.05, 3.63) is 114 Å². The lowest BCUT2D eigenvalue weighted by atomic mass is 10.0. The Kier molecular flexibility index (Phi) is 5.53. The number of hydrogen-bond donors (Lipinski definition) is 0. The van der Waals surface area contributed by atoms with Crippen LogP contribution in [0, 0.1) is 11.3 Å². The van der Waals surface area contributed by atoms with Crippen LogP contribution in [0.2, 0.25) is 0 Å². The topological polar surface area (TPSA) is 46.7 Å². The van der Waals surface area contributed by atoms with Crippen LogP contribution in [0.3, 0.4) is 0 Å². The van der Waals surface area contributed by atoms with Gasteiger partial charge < -0.3 is 13.9 Å². The van der Waals surface area contributed by atoms with E-state index in [1.165, 1.54) is 0 Å². The Hall–Kier alpha value is -4.49. The standard InChI is InChI=1S/C29H22N2O2/c1-32-25-16-14-21(15-17-25)20-33-29-26(22-9-4-2-5-10-22)27(23-11-6-3-7-12-23)31-18-8-13-24(19-30)28(29)31/h2-18H,20H2,1H3. The maximum atomic E-state index is 9.91. The van der Waals surface area contributed by atoms with E-state index >= 15 is 0 Å². The minimum absolute atomic E-state index is 0.373. The molecule has 0 N–H and O–H groups in total. The SMILES string of the molecule is COc1ccc(COc2c(-c3ccccc3)c(-c3ccccc3)n3cccc(C#N)c23)cc1. The third-order valence-electron chi connectivity index (χ3n) is 5.69. The average Bonchev–Trinajstić information content (AvgIpc) is 3.23. The number of nitrogens with zero attached hydrogens (tertiary/aromatic N) is 2. The summed E-state index contributed by atoms with van der Waals surface area (Å²) in [6.07, 6.45) is 1.99. The molecule has 0 unspecified atom stereocenters. The van der Waals surface area contributed by atoms with E-state index in [1.54, 1.807) is 7.11 Å². The molecule has 0 aliphatic rings. The summed E-state index contributed by atoms with van der Waals surface area (Å²) in [5.74, 6) is 1.50. The van der Waals surface area contributed by atoms with Crippen molar-refractivity contribution in [1.82, 2.24) is 4.40 Å². The molecule has 0 saturated carbocycles. The molecule has 3 aromatic carbocycles. The third kappa shape index (κ3) is 3.81. The van der Waals surface area contributed by atoms with E-state index in [-0.39, 0.29) is 0 Å². The molecule has 0 spiro atoms. The first-order valence-electron chi connectivity index (χ1n) is 10.7. The van der Waals surface area contributed by atoms with E-state index in [2.05, 4.69) is 34.7 Å². The van der Waals surface area contributed by atoms with Gasteiger partial charge in [-0.05, 0) is 41.0 Å². The summed E-state index contributed by atoms with van der Waals surface area (Å²) >= 11 is 0. The van der Waals surface area contributed by atoms with Crippen LogP contribution in [0.1, 0.15) is 11.1 Å². The van der Waals surface area contributed by atoms with Crippen molar-refractivity contribution in [3.63, 3.8) is 0 Å². The van der Waals surface area contributed by atoms with Gasteiger partial charge in [0.15, 0.2) is 5.75 Å². The zero-order valence-corrected chi connectivity index (χ0v) is 18.2. The Morgan fingerprint density at radius 2 is 1.45 bits per heavy atom. The second-order valence-corrected chi connectivity index (χ2v) is 7.67. The number of fused-ring (bicyclic) bond motifs is 1. The molecule has 0 saturated heterocycles. The van der Waals surface area contributed by atoms with Crippen molar-refractivity contribution in [2.24, 2.45) is 0 Å². The van der Waals surface area contributed by atoms with E-state index in [4.69, 9.17) is 9.47 Å². The highest BCUT2D eigenvalue weighted by Gasteiger charge is 2.24. The van der Waals surface area contributed by atoms with Gasteiger partial charge in [0.2, 0.25) is 0 Å². The highest BCUT2D eigenvalue weighted by atomic mass is 16.5. The van der Waals surface area contributed by atoms with Crippen molar-refractivity contribution in [3.8, 4) is 40.0 Å². The predicted octanol–water partition coefficient (Wildman–Crippen LogP) is 6.73. The molecule has 0 atom stereocenters. The molecule has 2 heterocycles. The number of nitriles is 1. The number of aromatic nitrogens is 1. The molecular weight excluding hydrogens is 408 g/mol. The highest BCUT2D eigenvalue weighted by molar-refractivity contribution is 5.95. The molecule has 0 fully saturated rings. The van der Waals surface area contributed by atoms with Crippen LogP contribution in [0.4, 0.5) is 0 Å². The van der Waals surface area contributed by atoms with E-state index in [0.717, 1.165) is 39.2 Å². The van der Waals surface area contributed by atoms with Gasteiger partial charge in [-0.15, -0.1) is 0 Å². The first-order valence-corrected chi connectivity index (χ1v) is 10.7. The quantitative estimate of drug-likeness (QED) is 0.300. The Labute approximate surface area is 192 Å². The lowest BCUT2D eigenvalue weighted by Crippen LogP contribution is -1.97. The molecule has 5 aromatic rings. The molecule has 160 valence electrons. The molecule has 2 aromatic heterocycles. The summed E-state index contributed by atoms with van der Waals surface area (Å²) in [5, 5.41) is 9.91. The maximum Gasteiger partial charge on any atom is 0.155 e. The number of methoxy groups -OCH3 is 1. The summed E-state index contributed by atoms with van der Waals surface area (Å²) in [7, 11) is 1.65. The van der Waals surface area contributed by atoms with Crippen molar-refractivity contribution in [1.29, 1.82) is 5.26 Å². The Bertz CT molecular complexity index is 1430. The van der Waals surface area contributed by atoms with Gasteiger partial charge in [-0.2, -0.15) is 5.26 Å². The van der Waals surface area contributed by atoms with Crippen molar-refractivity contribution < 1.29 is 9.47 Å².